The van der Waals surface area contributed by atoms with Gasteiger partial charge in [-0.3, -0.25) is 9.78 Å². The molecule has 0 fully saturated rings. The van der Waals surface area contributed by atoms with E-state index in [4.69, 9.17) is 23.2 Å². The highest BCUT2D eigenvalue weighted by atomic mass is 35.5. The van der Waals surface area contributed by atoms with Gasteiger partial charge in [-0.25, -0.2) is 4.68 Å². The van der Waals surface area contributed by atoms with E-state index in [0.717, 1.165) is 11.3 Å². The smallest absolute Gasteiger partial charge is 0.266 e. The van der Waals surface area contributed by atoms with Crippen molar-refractivity contribution in [2.75, 3.05) is 5.32 Å². The summed E-state index contributed by atoms with van der Waals surface area (Å²) in [5, 5.41) is 17.7. The Bertz CT molecular complexity index is 1340. The van der Waals surface area contributed by atoms with Gasteiger partial charge in [0, 0.05) is 34.7 Å². The Morgan fingerprint density at radius 1 is 1.09 bits per heavy atom. The number of pyridine rings is 1. The first-order chi connectivity index (χ1) is 15.5. The van der Waals surface area contributed by atoms with Gasteiger partial charge in [0.15, 0.2) is 0 Å². The maximum atomic E-state index is 12.8. The van der Waals surface area contributed by atoms with Gasteiger partial charge in [0.1, 0.15) is 17.3 Å². The van der Waals surface area contributed by atoms with Gasteiger partial charge in [0.2, 0.25) is 0 Å². The van der Waals surface area contributed by atoms with Crippen LogP contribution < -0.4 is 5.32 Å². The number of para-hydroxylation sites is 1. The number of nitrogens with one attached hydrogen (secondary N) is 1. The zero-order valence-electron chi connectivity index (χ0n) is 16.5. The Morgan fingerprint density at radius 3 is 2.62 bits per heavy atom. The van der Waals surface area contributed by atoms with Gasteiger partial charge in [-0.15, -0.1) is 0 Å². The second-order valence-corrected chi connectivity index (χ2v) is 7.55. The van der Waals surface area contributed by atoms with Crippen LogP contribution in [0.2, 0.25) is 10.0 Å². The normalized spacial score (nSPS) is 11.1. The Hall–Kier alpha value is -3.92. The van der Waals surface area contributed by atoms with E-state index in [0.29, 0.717) is 27.0 Å². The van der Waals surface area contributed by atoms with Gasteiger partial charge < -0.3 is 5.32 Å². The molecule has 1 amide bonds. The third kappa shape index (κ3) is 4.70. The van der Waals surface area contributed by atoms with Crippen molar-refractivity contribution in [3.05, 3.63) is 100 Å². The fourth-order valence-electron chi connectivity index (χ4n) is 3.02. The van der Waals surface area contributed by atoms with Crippen molar-refractivity contribution < 1.29 is 4.79 Å². The standard InChI is InChI=1S/C24H15Cl2N5O/c25-19-8-9-21(26)22(12-19)29-24(32)17(13-27)11-18-15-31(20-6-2-1-3-7-20)30-23(18)16-5-4-10-28-14-16/h1-12,14-15H,(H,29,32)/b17-11+. The number of anilines is 1. The molecule has 0 aliphatic heterocycles. The number of benzene rings is 2. The molecule has 0 radical (unpaired) electrons. The first-order valence-corrected chi connectivity index (χ1v) is 10.2. The lowest BCUT2D eigenvalue weighted by atomic mass is 10.1. The van der Waals surface area contributed by atoms with Crippen LogP contribution in [-0.2, 0) is 4.79 Å². The van der Waals surface area contributed by atoms with Crippen LogP contribution in [0, 0.1) is 11.3 Å². The Labute approximate surface area is 194 Å². The second kappa shape index (κ2) is 9.48. The minimum Gasteiger partial charge on any atom is -0.320 e. The molecule has 156 valence electrons. The first kappa shape index (κ1) is 21.3. The van der Waals surface area contributed by atoms with Crippen molar-refractivity contribution in [2.45, 2.75) is 0 Å². The monoisotopic (exact) mass is 459 g/mol. The molecular weight excluding hydrogens is 445 g/mol. The summed E-state index contributed by atoms with van der Waals surface area (Å²) in [5.41, 5.74) is 2.97. The Balaban J connectivity index is 1.75. The van der Waals surface area contributed by atoms with E-state index in [2.05, 4.69) is 15.4 Å². The van der Waals surface area contributed by atoms with Crippen LogP contribution in [0.25, 0.3) is 23.0 Å². The van der Waals surface area contributed by atoms with Crippen LogP contribution in [0.1, 0.15) is 5.56 Å². The SMILES string of the molecule is N#C/C(=C\c1cn(-c2ccccc2)nc1-c1cccnc1)C(=O)Nc1cc(Cl)ccc1Cl. The number of hydrogen-bond acceptors (Lipinski definition) is 4. The lowest BCUT2D eigenvalue weighted by Crippen LogP contribution is -2.13. The molecular formula is C24H15Cl2N5O. The molecule has 2 aromatic carbocycles. The number of amides is 1. The van der Waals surface area contributed by atoms with E-state index in [-0.39, 0.29) is 5.57 Å². The minimum atomic E-state index is -0.610. The number of carbonyl (C=O) groups is 1. The summed E-state index contributed by atoms with van der Waals surface area (Å²) in [6, 6.07) is 19.8. The molecule has 0 aliphatic carbocycles. The van der Waals surface area contributed by atoms with Gasteiger partial charge in [0.25, 0.3) is 5.91 Å². The number of rotatable bonds is 5. The summed E-state index contributed by atoms with van der Waals surface area (Å²) in [5.74, 6) is -0.610. The van der Waals surface area contributed by atoms with Crippen LogP contribution >= 0.6 is 23.2 Å². The molecule has 0 saturated carbocycles. The summed E-state index contributed by atoms with van der Waals surface area (Å²) in [7, 11) is 0. The van der Waals surface area contributed by atoms with Crippen molar-refractivity contribution in [3.8, 4) is 23.0 Å². The third-order valence-electron chi connectivity index (χ3n) is 4.54. The van der Waals surface area contributed by atoms with Gasteiger partial charge in [-0.05, 0) is 48.5 Å². The largest absolute Gasteiger partial charge is 0.320 e. The van der Waals surface area contributed by atoms with Crippen LogP contribution in [0.3, 0.4) is 0 Å². The van der Waals surface area contributed by atoms with Crippen LogP contribution in [-0.4, -0.2) is 20.7 Å². The highest BCUT2D eigenvalue weighted by molar-refractivity contribution is 6.36. The van der Waals surface area contributed by atoms with Crippen molar-refractivity contribution in [1.29, 1.82) is 5.26 Å². The number of nitriles is 1. The maximum absolute atomic E-state index is 12.8. The van der Waals surface area contributed by atoms with Crippen LogP contribution in [0.4, 0.5) is 5.69 Å². The molecule has 1 N–H and O–H groups in total. The molecule has 0 spiro atoms. The molecule has 0 unspecified atom stereocenters. The molecule has 32 heavy (non-hydrogen) atoms. The predicted molar refractivity (Wildman–Crippen MR) is 125 cm³/mol. The van der Waals surface area contributed by atoms with Gasteiger partial charge in [-0.2, -0.15) is 10.4 Å². The summed E-state index contributed by atoms with van der Waals surface area (Å²) in [6.45, 7) is 0. The molecule has 8 heteroatoms. The minimum absolute atomic E-state index is 0.112. The average molecular weight is 460 g/mol. The molecule has 0 aliphatic rings. The van der Waals surface area contributed by atoms with Crippen LogP contribution in [0.15, 0.2) is 84.8 Å². The van der Waals surface area contributed by atoms with Gasteiger partial charge in [-0.1, -0.05) is 41.4 Å². The predicted octanol–water partition coefficient (Wildman–Crippen LogP) is 5.79. The summed E-state index contributed by atoms with van der Waals surface area (Å²) in [4.78, 5) is 16.9. The molecule has 4 aromatic rings. The van der Waals surface area contributed by atoms with E-state index >= 15 is 0 Å². The molecule has 0 bridgehead atoms. The molecule has 0 atom stereocenters. The van der Waals surface area contributed by atoms with Gasteiger partial charge in [0.05, 0.1) is 16.4 Å². The number of halogens is 2. The number of nitrogens with zero attached hydrogens (tertiary/aromatic N) is 4. The number of carbonyl (C=O) groups excluding carboxylic acids is 1. The van der Waals surface area contributed by atoms with Crippen molar-refractivity contribution >= 4 is 40.9 Å². The fraction of sp³-hybridized carbons (Fsp3) is 0. The highest BCUT2D eigenvalue weighted by Gasteiger charge is 2.16. The fourth-order valence-corrected chi connectivity index (χ4v) is 3.36. The highest BCUT2D eigenvalue weighted by Crippen LogP contribution is 2.27. The molecule has 0 saturated heterocycles. The Kier molecular flexibility index (Phi) is 6.31. The lowest BCUT2D eigenvalue weighted by molar-refractivity contribution is -0.112. The van der Waals surface area contributed by atoms with Crippen molar-refractivity contribution in [1.82, 2.24) is 14.8 Å². The second-order valence-electron chi connectivity index (χ2n) is 6.70. The zero-order chi connectivity index (χ0) is 22.5. The maximum Gasteiger partial charge on any atom is 0.266 e. The number of hydrogen-bond donors (Lipinski definition) is 1. The van der Waals surface area contributed by atoms with E-state index in [1.807, 2.05) is 42.5 Å². The topological polar surface area (TPSA) is 83.6 Å². The van der Waals surface area contributed by atoms with Crippen molar-refractivity contribution in [2.24, 2.45) is 0 Å². The summed E-state index contributed by atoms with van der Waals surface area (Å²) < 4.78 is 1.69. The Morgan fingerprint density at radius 2 is 1.91 bits per heavy atom. The summed E-state index contributed by atoms with van der Waals surface area (Å²) in [6.07, 6.45) is 6.58. The van der Waals surface area contributed by atoms with E-state index in [1.54, 1.807) is 41.5 Å². The molecule has 2 aromatic heterocycles. The first-order valence-electron chi connectivity index (χ1n) is 9.49. The lowest BCUT2D eigenvalue weighted by Gasteiger charge is -2.07. The molecule has 2 heterocycles. The quantitative estimate of drug-likeness (QED) is 0.302. The third-order valence-corrected chi connectivity index (χ3v) is 5.10. The van der Waals surface area contributed by atoms with E-state index < -0.39 is 5.91 Å². The average Bonchev–Trinajstić information content (AvgIpc) is 3.25. The molecule has 4 rings (SSSR count). The van der Waals surface area contributed by atoms with E-state index in [1.165, 1.54) is 12.1 Å². The van der Waals surface area contributed by atoms with Crippen LogP contribution in [0.5, 0.6) is 0 Å². The van der Waals surface area contributed by atoms with Crippen molar-refractivity contribution in [3.63, 3.8) is 0 Å². The zero-order valence-corrected chi connectivity index (χ0v) is 18.0. The number of aromatic nitrogens is 3. The summed E-state index contributed by atoms with van der Waals surface area (Å²) >= 11 is 12.1. The molecule has 6 nitrogen and oxygen atoms in total. The van der Waals surface area contributed by atoms with Gasteiger partial charge >= 0.3 is 0 Å². The van der Waals surface area contributed by atoms with E-state index in [9.17, 15) is 10.1 Å².